The number of aryl methyl sites for hydroxylation is 1. The molecule has 0 bridgehead atoms. The number of benzene rings is 2. The molecule has 0 spiro atoms. The minimum absolute atomic E-state index is 0.0897. The first-order valence-corrected chi connectivity index (χ1v) is 9.65. The Balaban J connectivity index is 1.82. The lowest BCUT2D eigenvalue weighted by Gasteiger charge is -2.13. The van der Waals surface area contributed by atoms with Crippen molar-refractivity contribution in [2.24, 2.45) is 0 Å². The highest BCUT2D eigenvalue weighted by Crippen LogP contribution is 2.25. The minimum atomic E-state index is -4.34. The summed E-state index contributed by atoms with van der Waals surface area (Å²) in [4.78, 5) is 44.4. The van der Waals surface area contributed by atoms with Gasteiger partial charge >= 0.3 is 16.1 Å². The number of nitro groups is 1. The third-order valence-corrected chi connectivity index (χ3v) is 5.25. The number of nitrogens with zero attached hydrogens (tertiary/aromatic N) is 1. The molecule has 1 heterocycles. The van der Waals surface area contributed by atoms with Crippen molar-refractivity contribution in [2.45, 2.75) is 11.8 Å². The van der Waals surface area contributed by atoms with Gasteiger partial charge in [-0.2, -0.15) is 8.42 Å². The van der Waals surface area contributed by atoms with E-state index in [1.54, 1.807) is 0 Å². The molecule has 154 valence electrons. The molecule has 11 nitrogen and oxygen atoms in total. The van der Waals surface area contributed by atoms with Crippen molar-refractivity contribution in [1.82, 2.24) is 10.6 Å². The van der Waals surface area contributed by atoms with Gasteiger partial charge in [0.25, 0.3) is 17.5 Å². The Hall–Kier alpha value is -4.06. The van der Waals surface area contributed by atoms with Crippen LogP contribution in [0, 0.1) is 17.0 Å². The van der Waals surface area contributed by atoms with Crippen LogP contribution >= 0.6 is 0 Å². The lowest BCUT2D eigenvalue weighted by Crippen LogP contribution is -2.51. The van der Waals surface area contributed by atoms with Crippen LogP contribution in [0.15, 0.2) is 52.9 Å². The van der Waals surface area contributed by atoms with E-state index in [1.165, 1.54) is 49.4 Å². The van der Waals surface area contributed by atoms with Crippen LogP contribution < -0.4 is 14.8 Å². The van der Waals surface area contributed by atoms with Gasteiger partial charge in [0.05, 0.1) is 4.92 Å². The molecule has 0 aliphatic carbocycles. The fraction of sp³-hybridized carbons (Fsp3) is 0.0556. The number of nitro benzene ring substituents is 1. The number of hydrogen-bond donors (Lipinski definition) is 2. The fourth-order valence-corrected chi connectivity index (χ4v) is 3.46. The van der Waals surface area contributed by atoms with E-state index in [4.69, 9.17) is 4.18 Å². The van der Waals surface area contributed by atoms with Crippen molar-refractivity contribution in [3.05, 3.63) is 69.3 Å². The number of hydrogen-bond acceptors (Lipinski definition) is 8. The van der Waals surface area contributed by atoms with Gasteiger partial charge in [-0.15, -0.1) is 0 Å². The smallest absolute Gasteiger partial charge is 0.339 e. The number of nitrogens with one attached hydrogen (secondary N) is 2. The molecule has 1 aliphatic heterocycles. The number of carbonyl (C=O) groups excluding carboxylic acids is 3. The molecule has 0 saturated carbocycles. The lowest BCUT2D eigenvalue weighted by atomic mass is 10.1. The largest absolute Gasteiger partial charge is 0.379 e. The average Bonchev–Trinajstić information content (AvgIpc) is 2.65. The normalized spacial score (nSPS) is 14.0. The fourth-order valence-electron chi connectivity index (χ4n) is 2.51. The van der Waals surface area contributed by atoms with E-state index in [9.17, 15) is 32.9 Å². The van der Waals surface area contributed by atoms with Crippen molar-refractivity contribution >= 4 is 39.7 Å². The van der Waals surface area contributed by atoms with Gasteiger partial charge in [-0.3, -0.25) is 30.3 Å². The summed E-state index contributed by atoms with van der Waals surface area (Å²) in [6.07, 6.45) is 1.21. The van der Waals surface area contributed by atoms with E-state index in [0.717, 1.165) is 6.07 Å². The van der Waals surface area contributed by atoms with Crippen molar-refractivity contribution < 1.29 is 31.9 Å². The van der Waals surface area contributed by atoms with E-state index in [0.29, 0.717) is 11.1 Å². The quantitative estimate of drug-likeness (QED) is 0.236. The minimum Gasteiger partial charge on any atom is -0.379 e. The maximum Gasteiger partial charge on any atom is 0.339 e. The molecule has 0 unspecified atom stereocenters. The number of imide groups is 2. The van der Waals surface area contributed by atoms with Crippen molar-refractivity contribution in [3.63, 3.8) is 0 Å². The Morgan fingerprint density at radius 1 is 1.00 bits per heavy atom. The van der Waals surface area contributed by atoms with Crippen molar-refractivity contribution in [1.29, 1.82) is 0 Å². The zero-order chi connectivity index (χ0) is 22.1. The number of urea groups is 1. The Morgan fingerprint density at radius 2 is 1.60 bits per heavy atom. The zero-order valence-corrected chi connectivity index (χ0v) is 16.1. The molecule has 2 aromatic rings. The SMILES string of the molecule is Cc1ccc(S(=O)(=O)Oc2ccc(C=C3C(=O)NC(=O)NC3=O)cc2)cc1[N+](=O)[O-]. The number of amides is 4. The molecule has 0 aromatic heterocycles. The number of rotatable bonds is 5. The van der Waals surface area contributed by atoms with Crippen LogP contribution in [0.1, 0.15) is 11.1 Å². The van der Waals surface area contributed by atoms with Crippen LogP contribution in [-0.2, 0) is 19.7 Å². The molecule has 4 amide bonds. The molecule has 2 N–H and O–H groups in total. The predicted octanol–water partition coefficient (Wildman–Crippen LogP) is 1.42. The highest BCUT2D eigenvalue weighted by molar-refractivity contribution is 7.87. The number of carbonyl (C=O) groups is 3. The first-order valence-electron chi connectivity index (χ1n) is 8.25. The summed E-state index contributed by atoms with van der Waals surface area (Å²) in [7, 11) is -4.34. The first-order chi connectivity index (χ1) is 14.1. The van der Waals surface area contributed by atoms with Crippen LogP contribution in [0.4, 0.5) is 10.5 Å². The van der Waals surface area contributed by atoms with Crippen LogP contribution in [-0.4, -0.2) is 31.2 Å². The summed E-state index contributed by atoms with van der Waals surface area (Å²) in [6.45, 7) is 1.48. The molecule has 1 saturated heterocycles. The molecule has 1 fully saturated rings. The average molecular weight is 431 g/mol. The first kappa shape index (κ1) is 20.7. The maximum atomic E-state index is 12.4. The molecule has 0 radical (unpaired) electrons. The van der Waals surface area contributed by atoms with Gasteiger partial charge in [0.15, 0.2) is 0 Å². The van der Waals surface area contributed by atoms with E-state index in [1.807, 2.05) is 10.6 Å². The van der Waals surface area contributed by atoms with Crippen LogP contribution in [0.3, 0.4) is 0 Å². The second-order valence-electron chi connectivity index (χ2n) is 6.11. The van der Waals surface area contributed by atoms with E-state index in [2.05, 4.69) is 0 Å². The van der Waals surface area contributed by atoms with Gasteiger partial charge in [0.1, 0.15) is 16.2 Å². The molecule has 1 aliphatic rings. The summed E-state index contributed by atoms with van der Waals surface area (Å²) < 4.78 is 29.8. The molecular weight excluding hydrogens is 418 g/mol. The zero-order valence-electron chi connectivity index (χ0n) is 15.2. The van der Waals surface area contributed by atoms with Gasteiger partial charge in [0.2, 0.25) is 0 Å². The van der Waals surface area contributed by atoms with E-state index in [-0.39, 0.29) is 21.9 Å². The summed E-state index contributed by atoms with van der Waals surface area (Å²) >= 11 is 0. The third-order valence-electron chi connectivity index (χ3n) is 4.01. The van der Waals surface area contributed by atoms with Crippen LogP contribution in [0.2, 0.25) is 0 Å². The second kappa shape index (κ2) is 7.75. The summed E-state index contributed by atoms with van der Waals surface area (Å²) in [5, 5.41) is 14.9. The second-order valence-corrected chi connectivity index (χ2v) is 7.65. The maximum absolute atomic E-state index is 12.4. The van der Waals surface area contributed by atoms with Gasteiger partial charge in [0, 0.05) is 11.6 Å². The Kier molecular flexibility index (Phi) is 5.34. The Labute approximate surface area is 169 Å². The third kappa shape index (κ3) is 4.33. The van der Waals surface area contributed by atoms with Crippen LogP contribution in [0.25, 0.3) is 6.08 Å². The predicted molar refractivity (Wildman–Crippen MR) is 102 cm³/mol. The summed E-state index contributed by atoms with van der Waals surface area (Å²) in [5.41, 5.74) is 0.00113. The monoisotopic (exact) mass is 431 g/mol. The number of barbiturate groups is 1. The Morgan fingerprint density at radius 3 is 2.17 bits per heavy atom. The van der Waals surface area contributed by atoms with Crippen LogP contribution in [0.5, 0.6) is 5.75 Å². The molecule has 12 heteroatoms. The molecular formula is C18H13N3O8S. The van der Waals surface area contributed by atoms with Gasteiger partial charge in [-0.1, -0.05) is 18.2 Å². The molecule has 2 aromatic carbocycles. The highest BCUT2D eigenvalue weighted by Gasteiger charge is 2.27. The molecule has 0 atom stereocenters. The standard InChI is InChI=1S/C18H13N3O8S/c1-10-2-7-13(9-15(10)21(25)26)30(27,28)29-12-5-3-11(4-6-12)8-14-16(22)19-18(24)20-17(14)23/h2-9H,1H3,(H2,19,20,22,23,24). The Bertz CT molecular complexity index is 1190. The topological polar surface area (TPSA) is 162 Å². The van der Waals surface area contributed by atoms with E-state index < -0.39 is 32.9 Å². The van der Waals surface area contributed by atoms with Gasteiger partial charge in [-0.25, -0.2) is 4.79 Å². The van der Waals surface area contributed by atoms with Crippen molar-refractivity contribution in [2.75, 3.05) is 0 Å². The van der Waals surface area contributed by atoms with Crippen molar-refractivity contribution in [3.8, 4) is 5.75 Å². The lowest BCUT2D eigenvalue weighted by molar-refractivity contribution is -0.385. The molecule has 30 heavy (non-hydrogen) atoms. The van der Waals surface area contributed by atoms with Gasteiger partial charge in [-0.05, 0) is 36.8 Å². The van der Waals surface area contributed by atoms with Gasteiger partial charge < -0.3 is 4.18 Å². The van der Waals surface area contributed by atoms with E-state index >= 15 is 0 Å². The molecule has 3 rings (SSSR count). The highest BCUT2D eigenvalue weighted by atomic mass is 32.2. The summed E-state index contributed by atoms with van der Waals surface area (Å²) in [5.74, 6) is -1.83. The summed E-state index contributed by atoms with van der Waals surface area (Å²) in [6, 6.07) is 7.79.